The lowest BCUT2D eigenvalue weighted by Gasteiger charge is -2.30. The number of ether oxygens (including phenoxy) is 1. The van der Waals surface area contributed by atoms with Crippen molar-refractivity contribution in [2.24, 2.45) is 5.92 Å². The van der Waals surface area contributed by atoms with Gasteiger partial charge in [0.25, 0.3) is 0 Å². The molecule has 2 aliphatic rings. The van der Waals surface area contributed by atoms with E-state index in [9.17, 15) is 19.5 Å². The molecule has 0 heterocycles. The summed E-state index contributed by atoms with van der Waals surface area (Å²) in [5.74, 6) is -1.68. The molecule has 7 heteroatoms. The summed E-state index contributed by atoms with van der Waals surface area (Å²) >= 11 is 0. The molecular weight excluding hydrogens is 444 g/mol. The van der Waals surface area contributed by atoms with E-state index in [-0.39, 0.29) is 36.9 Å². The van der Waals surface area contributed by atoms with Gasteiger partial charge in [-0.1, -0.05) is 74.7 Å². The third-order valence-corrected chi connectivity index (χ3v) is 7.16. The second-order valence-electron chi connectivity index (χ2n) is 9.56. The first-order chi connectivity index (χ1) is 17.0. The van der Waals surface area contributed by atoms with Gasteiger partial charge >= 0.3 is 12.1 Å². The Kier molecular flexibility index (Phi) is 8.06. The molecule has 2 aromatic carbocycles. The standard InChI is InChI=1S/C28H34N2O5/c1-2-9-18(16-26(31)30-25-15-8-7-14-23(25)27(32)33)29-28(34)35-17-24-21-12-5-3-10-19(21)20-11-4-6-13-22(20)24/h3-6,10-13,18,23-25H,2,7-9,14-17H2,1H3,(H,29,34)(H,30,31)(H,32,33)/t18-,23+,25-/m1/s1. The number of amides is 2. The average molecular weight is 479 g/mol. The van der Waals surface area contributed by atoms with Crippen molar-refractivity contribution in [3.8, 4) is 11.1 Å². The van der Waals surface area contributed by atoms with E-state index < -0.39 is 18.0 Å². The van der Waals surface area contributed by atoms with Crippen molar-refractivity contribution in [2.75, 3.05) is 6.61 Å². The number of nitrogens with one attached hydrogen (secondary N) is 2. The summed E-state index contributed by atoms with van der Waals surface area (Å²) in [6, 6.07) is 15.6. The van der Waals surface area contributed by atoms with Gasteiger partial charge in [0, 0.05) is 24.4 Å². The zero-order valence-corrected chi connectivity index (χ0v) is 20.2. The van der Waals surface area contributed by atoms with E-state index in [2.05, 4.69) is 34.9 Å². The van der Waals surface area contributed by atoms with Gasteiger partial charge in [-0.25, -0.2) is 4.79 Å². The van der Waals surface area contributed by atoms with Crippen molar-refractivity contribution >= 4 is 18.0 Å². The highest BCUT2D eigenvalue weighted by molar-refractivity contribution is 5.80. The zero-order chi connectivity index (χ0) is 24.8. The highest BCUT2D eigenvalue weighted by Gasteiger charge is 2.33. The molecule has 0 aromatic heterocycles. The lowest BCUT2D eigenvalue weighted by molar-refractivity contribution is -0.144. The lowest BCUT2D eigenvalue weighted by Crippen LogP contribution is -2.47. The van der Waals surface area contributed by atoms with Crippen molar-refractivity contribution in [3.05, 3.63) is 59.7 Å². The Bertz CT molecular complexity index is 1020. The van der Waals surface area contributed by atoms with Crippen molar-refractivity contribution in [3.63, 3.8) is 0 Å². The van der Waals surface area contributed by atoms with Crippen LogP contribution in [0.2, 0.25) is 0 Å². The van der Waals surface area contributed by atoms with Gasteiger partial charge in [-0.2, -0.15) is 0 Å². The molecule has 0 bridgehead atoms. The Balaban J connectivity index is 1.33. The number of carbonyl (C=O) groups excluding carboxylic acids is 2. The fourth-order valence-electron chi connectivity index (χ4n) is 5.47. The highest BCUT2D eigenvalue weighted by Crippen LogP contribution is 2.44. The molecule has 0 saturated heterocycles. The molecule has 0 unspecified atom stereocenters. The van der Waals surface area contributed by atoms with Crippen LogP contribution in [0, 0.1) is 5.92 Å². The van der Waals surface area contributed by atoms with Gasteiger partial charge in [-0.15, -0.1) is 0 Å². The molecular formula is C28H34N2O5. The maximum atomic E-state index is 12.7. The van der Waals surface area contributed by atoms with Crippen molar-refractivity contribution in [2.45, 2.75) is 69.9 Å². The topological polar surface area (TPSA) is 105 Å². The van der Waals surface area contributed by atoms with Gasteiger partial charge in [0.05, 0.1) is 5.92 Å². The molecule has 3 N–H and O–H groups in total. The smallest absolute Gasteiger partial charge is 0.407 e. The highest BCUT2D eigenvalue weighted by atomic mass is 16.5. The molecule has 0 aliphatic heterocycles. The Morgan fingerprint density at radius 1 is 1.00 bits per heavy atom. The zero-order valence-electron chi connectivity index (χ0n) is 20.2. The fourth-order valence-corrected chi connectivity index (χ4v) is 5.47. The monoisotopic (exact) mass is 478 g/mol. The van der Waals surface area contributed by atoms with Gasteiger partial charge in [0.1, 0.15) is 6.61 Å². The SMILES string of the molecule is CCC[C@H](CC(=O)N[C@@H]1CCCC[C@@H]1C(=O)O)NC(=O)OCC1c2ccccc2-c2ccccc21. The van der Waals surface area contributed by atoms with E-state index in [1.807, 2.05) is 31.2 Å². The fraction of sp³-hybridized carbons (Fsp3) is 0.464. The average Bonchev–Trinajstić information content (AvgIpc) is 3.17. The largest absolute Gasteiger partial charge is 0.481 e. The van der Waals surface area contributed by atoms with Crippen LogP contribution in [0.1, 0.15) is 68.9 Å². The number of rotatable bonds is 9. The molecule has 2 amide bonds. The Morgan fingerprint density at radius 3 is 2.26 bits per heavy atom. The van der Waals surface area contributed by atoms with Crippen LogP contribution in [0.4, 0.5) is 4.79 Å². The van der Waals surface area contributed by atoms with Gasteiger partial charge < -0.3 is 20.5 Å². The third kappa shape index (κ3) is 5.84. The second kappa shape index (κ2) is 11.4. The predicted octanol–water partition coefficient (Wildman–Crippen LogP) is 4.84. The Morgan fingerprint density at radius 2 is 1.63 bits per heavy atom. The lowest BCUT2D eigenvalue weighted by atomic mass is 9.84. The molecule has 7 nitrogen and oxygen atoms in total. The number of hydrogen-bond acceptors (Lipinski definition) is 4. The molecule has 4 rings (SSSR count). The molecule has 2 aromatic rings. The van der Waals surface area contributed by atoms with Crippen LogP contribution in [0.15, 0.2) is 48.5 Å². The summed E-state index contributed by atoms with van der Waals surface area (Å²) in [5.41, 5.74) is 4.62. The van der Waals surface area contributed by atoms with Gasteiger partial charge in [0.2, 0.25) is 5.91 Å². The van der Waals surface area contributed by atoms with E-state index in [1.165, 1.54) is 11.1 Å². The molecule has 0 spiro atoms. The molecule has 1 saturated carbocycles. The first-order valence-electron chi connectivity index (χ1n) is 12.6. The minimum absolute atomic E-state index is 0.0275. The number of fused-ring (bicyclic) bond motifs is 3. The van der Waals surface area contributed by atoms with Crippen LogP contribution in [-0.4, -0.2) is 41.8 Å². The van der Waals surface area contributed by atoms with Crippen LogP contribution in [0.5, 0.6) is 0 Å². The van der Waals surface area contributed by atoms with E-state index in [1.54, 1.807) is 0 Å². The number of benzene rings is 2. The number of alkyl carbamates (subject to hydrolysis) is 1. The van der Waals surface area contributed by atoms with E-state index in [0.29, 0.717) is 19.3 Å². The summed E-state index contributed by atoms with van der Waals surface area (Å²) in [6.45, 7) is 2.21. The summed E-state index contributed by atoms with van der Waals surface area (Å²) < 4.78 is 5.64. The minimum atomic E-state index is -0.864. The summed E-state index contributed by atoms with van der Waals surface area (Å²) in [4.78, 5) is 36.9. The third-order valence-electron chi connectivity index (χ3n) is 7.16. The molecule has 3 atom stereocenters. The first kappa shape index (κ1) is 24.8. The van der Waals surface area contributed by atoms with Crippen LogP contribution < -0.4 is 10.6 Å². The number of aliphatic carboxylic acids is 1. The molecule has 2 aliphatic carbocycles. The van der Waals surface area contributed by atoms with Gasteiger partial charge in [-0.3, -0.25) is 9.59 Å². The minimum Gasteiger partial charge on any atom is -0.481 e. The Labute approximate surface area is 206 Å². The number of carboxylic acid groups (broad SMARTS) is 1. The molecule has 1 fully saturated rings. The maximum absolute atomic E-state index is 12.7. The van der Waals surface area contributed by atoms with Gasteiger partial charge in [0.15, 0.2) is 0 Å². The van der Waals surface area contributed by atoms with E-state index >= 15 is 0 Å². The van der Waals surface area contributed by atoms with E-state index in [0.717, 1.165) is 30.4 Å². The van der Waals surface area contributed by atoms with Crippen LogP contribution in [-0.2, 0) is 14.3 Å². The second-order valence-corrected chi connectivity index (χ2v) is 9.56. The van der Waals surface area contributed by atoms with Crippen LogP contribution >= 0.6 is 0 Å². The predicted molar refractivity (Wildman–Crippen MR) is 133 cm³/mol. The number of carbonyl (C=O) groups is 3. The number of hydrogen-bond donors (Lipinski definition) is 3. The van der Waals surface area contributed by atoms with Crippen LogP contribution in [0.25, 0.3) is 11.1 Å². The van der Waals surface area contributed by atoms with Crippen molar-refractivity contribution in [1.82, 2.24) is 10.6 Å². The first-order valence-corrected chi connectivity index (χ1v) is 12.6. The van der Waals surface area contributed by atoms with Gasteiger partial charge in [-0.05, 0) is 41.5 Å². The summed E-state index contributed by atoms with van der Waals surface area (Å²) in [6.07, 6.45) is 4.00. The molecule has 186 valence electrons. The molecule has 0 radical (unpaired) electrons. The maximum Gasteiger partial charge on any atom is 0.407 e. The van der Waals surface area contributed by atoms with Crippen molar-refractivity contribution in [1.29, 1.82) is 0 Å². The van der Waals surface area contributed by atoms with Crippen LogP contribution in [0.3, 0.4) is 0 Å². The quantitative estimate of drug-likeness (QED) is 0.478. The normalized spacial score (nSPS) is 19.8. The van der Waals surface area contributed by atoms with E-state index in [4.69, 9.17) is 4.74 Å². The molecule has 35 heavy (non-hydrogen) atoms. The summed E-state index contributed by atoms with van der Waals surface area (Å²) in [7, 11) is 0. The Hall–Kier alpha value is -3.35. The summed E-state index contributed by atoms with van der Waals surface area (Å²) in [5, 5.41) is 15.2. The number of carboxylic acids is 1. The van der Waals surface area contributed by atoms with Crippen molar-refractivity contribution < 1.29 is 24.2 Å².